The van der Waals surface area contributed by atoms with Gasteiger partial charge in [0.05, 0.1) is 0 Å². The summed E-state index contributed by atoms with van der Waals surface area (Å²) in [6, 6.07) is -8.47. The summed E-state index contributed by atoms with van der Waals surface area (Å²) < 4.78 is 34.7. The number of carbonyl (C=O) groups is 12. The van der Waals surface area contributed by atoms with Crippen molar-refractivity contribution in [3.05, 3.63) is 0 Å². The molecule has 24 nitrogen and oxygen atoms in total. The molecule has 0 bridgehead atoms. The van der Waals surface area contributed by atoms with Gasteiger partial charge in [-0.1, -0.05) is 166 Å². The molecule has 1 saturated heterocycles. The highest BCUT2D eigenvalue weighted by Gasteiger charge is 2.44. The Morgan fingerprint density at radius 3 is 0.357 bits per heavy atom. The van der Waals surface area contributed by atoms with Crippen LogP contribution in [-0.2, 0) is 86.0 Å². The lowest BCUT2D eigenvalue weighted by Crippen LogP contribution is -2.57. The van der Waals surface area contributed by atoms with Crippen molar-refractivity contribution in [3.8, 4) is 0 Å². The summed E-state index contributed by atoms with van der Waals surface area (Å²) in [5, 5.41) is 15.6. The molecule has 0 unspecified atom stereocenters. The Morgan fingerprint density at radius 2 is 0.286 bits per heavy atom. The van der Waals surface area contributed by atoms with Gasteiger partial charge in [-0.25, -0.2) is 28.8 Å². The number of rotatable bonds is 12. The van der Waals surface area contributed by atoms with E-state index >= 15 is 0 Å². The lowest BCUT2D eigenvalue weighted by Gasteiger charge is -2.32. The second kappa shape index (κ2) is 34.0. The van der Waals surface area contributed by atoms with Crippen LogP contribution in [0.15, 0.2) is 0 Å². The minimum Gasteiger partial charge on any atom is -0.450 e. The molecule has 24 heteroatoms. The van der Waals surface area contributed by atoms with Crippen molar-refractivity contribution in [2.75, 3.05) is 0 Å². The summed E-state index contributed by atoms with van der Waals surface area (Å²) >= 11 is 0. The molecule has 0 aromatic heterocycles. The average molecular weight is 1200 g/mol. The third kappa shape index (κ3) is 22.2. The summed E-state index contributed by atoms with van der Waals surface area (Å²) in [7, 11) is 0. The molecule has 0 saturated carbocycles. The molecule has 1 heterocycles. The Labute approximate surface area is 497 Å². The second-order valence-electron chi connectivity index (χ2n) is 26.0. The molecule has 480 valence electrons. The molecular formula is C60H102N6O18. The van der Waals surface area contributed by atoms with Gasteiger partial charge in [0.15, 0.2) is 36.6 Å². The third-order valence-electron chi connectivity index (χ3n) is 14.0. The van der Waals surface area contributed by atoms with Gasteiger partial charge in [-0.2, -0.15) is 0 Å². The molecule has 0 aromatic rings. The Hall–Kier alpha value is -6.36. The van der Waals surface area contributed by atoms with Crippen LogP contribution >= 0.6 is 0 Å². The van der Waals surface area contributed by atoms with Crippen LogP contribution in [0.2, 0.25) is 0 Å². The first-order valence-electron chi connectivity index (χ1n) is 29.6. The molecule has 0 aliphatic carbocycles. The quantitative estimate of drug-likeness (QED) is 0.117. The monoisotopic (exact) mass is 1190 g/mol. The zero-order valence-electron chi connectivity index (χ0n) is 54.2. The summed E-state index contributed by atoms with van der Waals surface area (Å²) in [6.07, 6.45) is -9.25. The minimum atomic E-state index is -1.54. The van der Waals surface area contributed by atoms with Crippen LogP contribution in [0.25, 0.3) is 0 Å². The number of carbonyl (C=O) groups excluding carboxylic acids is 12. The van der Waals surface area contributed by atoms with E-state index in [1.54, 1.807) is 166 Å². The Bertz CT molecular complexity index is 1730. The van der Waals surface area contributed by atoms with Crippen molar-refractivity contribution in [1.82, 2.24) is 31.9 Å². The molecule has 84 heavy (non-hydrogen) atoms. The second-order valence-corrected chi connectivity index (χ2v) is 26.0. The van der Waals surface area contributed by atoms with Gasteiger partial charge in [0.25, 0.3) is 35.4 Å². The number of hydrogen-bond donors (Lipinski definition) is 6. The van der Waals surface area contributed by atoms with Crippen LogP contribution in [-0.4, -0.2) is 144 Å². The molecule has 6 N–H and O–H groups in total. The predicted molar refractivity (Wildman–Crippen MR) is 309 cm³/mol. The van der Waals surface area contributed by atoms with Crippen LogP contribution in [0.3, 0.4) is 0 Å². The highest BCUT2D eigenvalue weighted by Crippen LogP contribution is 2.22. The number of cyclic esters (lactones) is 6. The summed E-state index contributed by atoms with van der Waals surface area (Å²) in [6.45, 7) is 38.3. The fourth-order valence-electron chi connectivity index (χ4n) is 8.54. The number of amides is 6. The van der Waals surface area contributed by atoms with E-state index in [0.29, 0.717) is 0 Å². The third-order valence-corrected chi connectivity index (χ3v) is 14.0. The van der Waals surface area contributed by atoms with E-state index in [2.05, 4.69) is 31.9 Å². The SMILES string of the molecule is CC(C)[C@@H]1NC(=O)[C@H](C(C)C)OC(=O)[C@@H](C(C)C)NC(=O)[C@@H](C(C)C)OC(=O)[C@H](C(C)C)NC(=O)[C@H](C(C)C)OC(=O)[C@@H](C(C)C)NC(=O)[C@@H](C(C)C)OC(=O)[C@H](C(C)C)NC(=O)[C@H](C(C)C)OC(=O)[C@@H](C(C)C)NC(=O)[C@@H](C(C)C)OC1=O. The van der Waals surface area contributed by atoms with Gasteiger partial charge in [0.1, 0.15) is 36.3 Å². The summed E-state index contributed by atoms with van der Waals surface area (Å²) in [5.74, 6) is -19.8. The van der Waals surface area contributed by atoms with E-state index in [9.17, 15) is 57.5 Å². The van der Waals surface area contributed by atoms with E-state index in [0.717, 1.165) is 0 Å². The maximum Gasteiger partial charge on any atom is 0.329 e. The molecular weight excluding hydrogens is 1090 g/mol. The van der Waals surface area contributed by atoms with Gasteiger partial charge in [-0.3, -0.25) is 28.8 Å². The van der Waals surface area contributed by atoms with Crippen molar-refractivity contribution in [2.45, 2.75) is 239 Å². The highest BCUT2D eigenvalue weighted by atomic mass is 16.6. The summed E-state index contributed by atoms with van der Waals surface area (Å²) in [5.41, 5.74) is 0. The van der Waals surface area contributed by atoms with Crippen molar-refractivity contribution < 1.29 is 86.0 Å². The maximum atomic E-state index is 14.1. The lowest BCUT2D eigenvalue weighted by molar-refractivity contribution is -0.169. The number of nitrogens with one attached hydrogen (secondary N) is 6. The normalized spacial score (nSPS) is 27.9. The van der Waals surface area contributed by atoms with Crippen molar-refractivity contribution in [3.63, 3.8) is 0 Å². The molecule has 0 spiro atoms. The van der Waals surface area contributed by atoms with Crippen LogP contribution in [0.5, 0.6) is 0 Å². The van der Waals surface area contributed by atoms with E-state index in [-0.39, 0.29) is 0 Å². The number of hydrogen-bond acceptors (Lipinski definition) is 18. The lowest BCUT2D eigenvalue weighted by atomic mass is 9.99. The van der Waals surface area contributed by atoms with E-state index in [1.165, 1.54) is 0 Å². The fourth-order valence-corrected chi connectivity index (χ4v) is 8.54. The van der Waals surface area contributed by atoms with Crippen LogP contribution < -0.4 is 31.9 Å². The Kier molecular flexibility index (Phi) is 30.6. The predicted octanol–water partition coefficient (Wildman–Crippen LogP) is 4.25. The molecule has 6 amide bonds. The molecule has 1 fully saturated rings. The topological polar surface area (TPSA) is 332 Å². The van der Waals surface area contributed by atoms with Gasteiger partial charge in [0.2, 0.25) is 0 Å². The number of ether oxygens (including phenoxy) is 6. The molecule has 1 aliphatic rings. The van der Waals surface area contributed by atoms with Crippen molar-refractivity contribution >= 4 is 71.3 Å². The average Bonchev–Trinajstić information content (AvgIpc) is 3.59. The molecule has 12 atom stereocenters. The van der Waals surface area contributed by atoms with Crippen molar-refractivity contribution in [2.24, 2.45) is 71.0 Å². The maximum absolute atomic E-state index is 14.1. The van der Waals surface area contributed by atoms with Gasteiger partial charge in [0, 0.05) is 0 Å². The largest absolute Gasteiger partial charge is 0.450 e. The standard InChI is InChI=1S/C60H102N6O18/c1-25(2)37-55(73)79-44(32(15)16)50(68)62-39(27(5)6)57(75)81-46(34(19)20)52(70)64-41(29(9)10)59(77)83-48(36(23)24)54(72)66-42(30(11)12)60(78)84-47(35(21)22)53(71)65-40(28(7)8)58(76)82-45(33(17)18)51(69)63-38(26(3)4)56(74)80-43(31(13)14)49(67)61-37/h25-48H,1-24H3,(H,61,67)(H,62,68)(H,63,69)(H,64,70)(H,65,71)(H,66,72)/t37-,38+,39+,40-,41-,42+,43-,44+,45+,46-,47-,48+. The van der Waals surface area contributed by atoms with Crippen molar-refractivity contribution in [1.29, 1.82) is 0 Å². The van der Waals surface area contributed by atoms with Gasteiger partial charge >= 0.3 is 35.8 Å². The fraction of sp³-hybridized carbons (Fsp3) is 0.800. The summed E-state index contributed by atoms with van der Waals surface area (Å²) in [4.78, 5) is 169. The first-order valence-corrected chi connectivity index (χ1v) is 29.6. The Balaban J connectivity index is 4.10. The zero-order valence-corrected chi connectivity index (χ0v) is 54.2. The number of esters is 6. The molecule has 0 aromatic carbocycles. The van der Waals surface area contributed by atoms with E-state index in [1.807, 2.05) is 0 Å². The molecule has 1 aliphatic heterocycles. The smallest absolute Gasteiger partial charge is 0.329 e. The van der Waals surface area contributed by atoms with Crippen LogP contribution in [0.1, 0.15) is 166 Å². The molecule has 1 rings (SSSR count). The van der Waals surface area contributed by atoms with Crippen LogP contribution in [0, 0.1) is 71.0 Å². The first-order chi connectivity index (χ1) is 38.6. The minimum absolute atomic E-state index is 0.661. The highest BCUT2D eigenvalue weighted by molar-refractivity contribution is 5.96. The van der Waals surface area contributed by atoms with Crippen LogP contribution in [0.4, 0.5) is 0 Å². The Morgan fingerprint density at radius 1 is 0.190 bits per heavy atom. The first kappa shape index (κ1) is 75.7. The molecule has 0 radical (unpaired) electrons. The van der Waals surface area contributed by atoms with E-state index < -0.39 is 215 Å². The van der Waals surface area contributed by atoms with Gasteiger partial charge in [-0.05, 0) is 71.0 Å². The van der Waals surface area contributed by atoms with Gasteiger partial charge in [-0.15, -0.1) is 0 Å². The van der Waals surface area contributed by atoms with E-state index in [4.69, 9.17) is 28.4 Å². The zero-order chi connectivity index (χ0) is 65.3. The van der Waals surface area contributed by atoms with Gasteiger partial charge < -0.3 is 60.3 Å².